The number of benzene rings is 1. The lowest BCUT2D eigenvalue weighted by Gasteiger charge is -2.22. The lowest BCUT2D eigenvalue weighted by atomic mass is 9.89. The van der Waals surface area contributed by atoms with Gasteiger partial charge in [0, 0.05) is 0 Å². The van der Waals surface area contributed by atoms with Gasteiger partial charge in [-0.3, -0.25) is 4.79 Å². The molecule has 0 saturated carbocycles. The molecule has 1 unspecified atom stereocenters. The number of rotatable bonds is 3. The Kier molecular flexibility index (Phi) is 3.16. The van der Waals surface area contributed by atoms with Crippen LogP contribution in [-0.4, -0.2) is 5.91 Å². The predicted octanol–water partition coefficient (Wildman–Crippen LogP) is 2.29. The summed E-state index contributed by atoms with van der Waals surface area (Å²) in [5, 5.41) is 5.84. The molecule has 0 spiro atoms. The second kappa shape index (κ2) is 4.48. The van der Waals surface area contributed by atoms with Crippen LogP contribution in [0, 0.1) is 5.92 Å². The molecule has 1 amide bonds. The summed E-state index contributed by atoms with van der Waals surface area (Å²) in [6, 6.07) is 8.20. The van der Waals surface area contributed by atoms with Gasteiger partial charge in [-0.2, -0.15) is 0 Å². The van der Waals surface area contributed by atoms with Gasteiger partial charge < -0.3 is 10.6 Å². The molecule has 1 heterocycles. The standard InChI is InChI=1S/C15H20N2O/c1-10(2)8-12-6-5-7-13(9-12)15(4)14(18)16-11(3)17-15/h5-7,9-10,17H,3,8H2,1-2,4H3,(H,16,18). The Morgan fingerprint density at radius 3 is 2.67 bits per heavy atom. The van der Waals surface area contributed by atoms with Crippen molar-refractivity contribution in [3.05, 3.63) is 47.8 Å². The van der Waals surface area contributed by atoms with Gasteiger partial charge in [0.05, 0.1) is 5.82 Å². The Hall–Kier alpha value is -1.77. The molecule has 0 aliphatic carbocycles. The molecule has 1 aromatic rings. The van der Waals surface area contributed by atoms with Crippen LogP contribution >= 0.6 is 0 Å². The lowest BCUT2D eigenvalue weighted by molar-refractivity contribution is -0.123. The zero-order chi connectivity index (χ0) is 13.3. The summed E-state index contributed by atoms with van der Waals surface area (Å²) in [6.07, 6.45) is 1.02. The first kappa shape index (κ1) is 12.7. The van der Waals surface area contributed by atoms with E-state index in [1.165, 1.54) is 5.56 Å². The fourth-order valence-electron chi connectivity index (χ4n) is 2.34. The lowest BCUT2D eigenvalue weighted by Crippen LogP contribution is -2.39. The topological polar surface area (TPSA) is 41.1 Å². The highest BCUT2D eigenvalue weighted by Gasteiger charge is 2.40. The molecule has 0 radical (unpaired) electrons. The van der Waals surface area contributed by atoms with Crippen molar-refractivity contribution in [2.75, 3.05) is 0 Å². The molecule has 1 saturated heterocycles. The minimum absolute atomic E-state index is 0.0470. The average molecular weight is 244 g/mol. The zero-order valence-electron chi connectivity index (χ0n) is 11.2. The van der Waals surface area contributed by atoms with Crippen LogP contribution in [0.4, 0.5) is 0 Å². The average Bonchev–Trinajstić information content (AvgIpc) is 2.53. The third-order valence-corrected chi connectivity index (χ3v) is 3.27. The van der Waals surface area contributed by atoms with Crippen molar-refractivity contribution in [3.63, 3.8) is 0 Å². The summed E-state index contributed by atoms with van der Waals surface area (Å²) < 4.78 is 0. The Morgan fingerprint density at radius 2 is 2.11 bits per heavy atom. The third-order valence-electron chi connectivity index (χ3n) is 3.27. The Balaban J connectivity index is 2.33. The number of amides is 1. The van der Waals surface area contributed by atoms with Crippen LogP contribution in [0.25, 0.3) is 0 Å². The molecular formula is C15H20N2O. The van der Waals surface area contributed by atoms with Gasteiger partial charge in [-0.25, -0.2) is 0 Å². The van der Waals surface area contributed by atoms with E-state index in [0.29, 0.717) is 11.7 Å². The summed E-state index contributed by atoms with van der Waals surface area (Å²) in [5.41, 5.74) is 1.54. The highest BCUT2D eigenvalue weighted by atomic mass is 16.2. The van der Waals surface area contributed by atoms with E-state index in [2.05, 4.69) is 43.2 Å². The summed E-state index contributed by atoms with van der Waals surface area (Å²) in [4.78, 5) is 12.0. The molecule has 1 aliphatic heterocycles. The molecule has 3 nitrogen and oxygen atoms in total. The monoisotopic (exact) mass is 244 g/mol. The SMILES string of the molecule is C=C1NC(=O)C(C)(c2cccc(CC(C)C)c2)N1. The molecule has 0 bridgehead atoms. The van der Waals surface area contributed by atoms with E-state index < -0.39 is 5.54 Å². The minimum Gasteiger partial charge on any atom is -0.355 e. The summed E-state index contributed by atoms with van der Waals surface area (Å²) >= 11 is 0. The minimum atomic E-state index is -0.704. The first-order valence-corrected chi connectivity index (χ1v) is 6.30. The molecule has 0 aromatic heterocycles. The van der Waals surface area contributed by atoms with E-state index in [1.54, 1.807) is 0 Å². The maximum atomic E-state index is 12.0. The quantitative estimate of drug-likeness (QED) is 0.856. The Morgan fingerprint density at radius 1 is 1.39 bits per heavy atom. The highest BCUT2D eigenvalue weighted by Crippen LogP contribution is 2.27. The van der Waals surface area contributed by atoms with Crippen LogP contribution in [0.2, 0.25) is 0 Å². The molecule has 3 heteroatoms. The van der Waals surface area contributed by atoms with Gasteiger partial charge in [0.1, 0.15) is 5.54 Å². The van der Waals surface area contributed by atoms with Crippen molar-refractivity contribution >= 4 is 5.91 Å². The van der Waals surface area contributed by atoms with Gasteiger partial charge in [-0.15, -0.1) is 0 Å². The maximum Gasteiger partial charge on any atom is 0.255 e. The first-order valence-electron chi connectivity index (χ1n) is 6.30. The highest BCUT2D eigenvalue weighted by molar-refractivity contribution is 5.91. The van der Waals surface area contributed by atoms with E-state index in [1.807, 2.05) is 19.1 Å². The van der Waals surface area contributed by atoms with Crippen LogP contribution in [0.5, 0.6) is 0 Å². The molecule has 1 fully saturated rings. The number of hydrogen-bond acceptors (Lipinski definition) is 2. The number of nitrogens with one attached hydrogen (secondary N) is 2. The van der Waals surface area contributed by atoms with Crippen LogP contribution < -0.4 is 10.6 Å². The van der Waals surface area contributed by atoms with Crippen molar-refractivity contribution in [2.45, 2.75) is 32.7 Å². The fourth-order valence-corrected chi connectivity index (χ4v) is 2.34. The largest absolute Gasteiger partial charge is 0.355 e. The third kappa shape index (κ3) is 2.26. The molecule has 1 aliphatic rings. The maximum absolute atomic E-state index is 12.0. The number of carbonyl (C=O) groups is 1. The predicted molar refractivity (Wildman–Crippen MR) is 72.8 cm³/mol. The fraction of sp³-hybridized carbons (Fsp3) is 0.400. The summed E-state index contributed by atoms with van der Waals surface area (Å²) in [5.74, 6) is 1.12. The number of carbonyl (C=O) groups excluding carboxylic acids is 1. The van der Waals surface area contributed by atoms with Gasteiger partial charge in [-0.05, 0) is 30.4 Å². The van der Waals surface area contributed by atoms with E-state index in [-0.39, 0.29) is 5.91 Å². The smallest absolute Gasteiger partial charge is 0.255 e. The molecular weight excluding hydrogens is 224 g/mol. The molecule has 96 valence electrons. The second-order valence-corrected chi connectivity index (χ2v) is 5.48. The Bertz CT molecular complexity index is 493. The second-order valence-electron chi connectivity index (χ2n) is 5.48. The van der Waals surface area contributed by atoms with Gasteiger partial charge in [-0.1, -0.05) is 44.7 Å². The Labute approximate surface area is 108 Å². The molecule has 1 aromatic carbocycles. The number of hydrogen-bond donors (Lipinski definition) is 2. The van der Waals surface area contributed by atoms with Crippen molar-refractivity contribution in [3.8, 4) is 0 Å². The summed E-state index contributed by atoms with van der Waals surface area (Å²) in [6.45, 7) is 10.0. The van der Waals surface area contributed by atoms with E-state index in [0.717, 1.165) is 12.0 Å². The van der Waals surface area contributed by atoms with Crippen LogP contribution in [0.3, 0.4) is 0 Å². The van der Waals surface area contributed by atoms with Gasteiger partial charge in [0.25, 0.3) is 5.91 Å². The van der Waals surface area contributed by atoms with E-state index in [4.69, 9.17) is 0 Å². The van der Waals surface area contributed by atoms with Crippen LogP contribution in [0.1, 0.15) is 31.9 Å². The first-order chi connectivity index (χ1) is 8.41. The molecule has 18 heavy (non-hydrogen) atoms. The summed E-state index contributed by atoms with van der Waals surface area (Å²) in [7, 11) is 0. The zero-order valence-corrected chi connectivity index (χ0v) is 11.2. The van der Waals surface area contributed by atoms with Gasteiger partial charge in [0.15, 0.2) is 0 Å². The van der Waals surface area contributed by atoms with E-state index in [9.17, 15) is 4.79 Å². The van der Waals surface area contributed by atoms with Crippen molar-refractivity contribution in [2.24, 2.45) is 5.92 Å². The van der Waals surface area contributed by atoms with Gasteiger partial charge in [0.2, 0.25) is 0 Å². The van der Waals surface area contributed by atoms with Crippen molar-refractivity contribution in [1.82, 2.24) is 10.6 Å². The van der Waals surface area contributed by atoms with Crippen LogP contribution in [-0.2, 0) is 16.8 Å². The van der Waals surface area contributed by atoms with Crippen molar-refractivity contribution < 1.29 is 4.79 Å². The molecule has 2 rings (SSSR count). The normalized spacial score (nSPS) is 23.1. The molecule has 1 atom stereocenters. The van der Waals surface area contributed by atoms with E-state index >= 15 is 0 Å². The molecule has 2 N–H and O–H groups in total. The van der Waals surface area contributed by atoms with Crippen molar-refractivity contribution in [1.29, 1.82) is 0 Å². The van der Waals surface area contributed by atoms with Crippen LogP contribution in [0.15, 0.2) is 36.7 Å². The van der Waals surface area contributed by atoms with Gasteiger partial charge >= 0.3 is 0 Å².